The number of hydrogen-bond acceptors (Lipinski definition) is 3. The average Bonchev–Trinajstić information content (AvgIpc) is 2.52. The van der Waals surface area contributed by atoms with Gasteiger partial charge in [-0.2, -0.15) is 0 Å². The van der Waals surface area contributed by atoms with Gasteiger partial charge < -0.3 is 11.1 Å². The highest BCUT2D eigenvalue weighted by atomic mass is 16.1. The maximum atomic E-state index is 11.8. The Morgan fingerprint density at radius 2 is 1.90 bits per heavy atom. The SMILES string of the molecule is NC(=O)c1ccccc1[CH]CC(=O)NCc1ccccn1. The molecule has 1 aromatic heterocycles. The zero-order chi connectivity index (χ0) is 15.1. The van der Waals surface area contributed by atoms with Crippen molar-refractivity contribution in [2.24, 2.45) is 5.73 Å². The minimum Gasteiger partial charge on any atom is -0.366 e. The molecule has 1 radical (unpaired) electrons. The number of aromatic nitrogens is 1. The van der Waals surface area contributed by atoms with Crippen LogP contribution in [0.2, 0.25) is 0 Å². The number of benzene rings is 1. The molecule has 0 aliphatic carbocycles. The quantitative estimate of drug-likeness (QED) is 0.840. The molecule has 1 heterocycles. The molecule has 0 saturated carbocycles. The van der Waals surface area contributed by atoms with Crippen molar-refractivity contribution in [3.63, 3.8) is 0 Å². The van der Waals surface area contributed by atoms with Crippen molar-refractivity contribution in [3.05, 3.63) is 71.9 Å². The summed E-state index contributed by atoms with van der Waals surface area (Å²) in [5.41, 5.74) is 7.16. The lowest BCUT2D eigenvalue weighted by molar-refractivity contribution is -0.120. The number of amides is 2. The lowest BCUT2D eigenvalue weighted by Crippen LogP contribution is -2.23. The van der Waals surface area contributed by atoms with Crippen LogP contribution in [0.4, 0.5) is 0 Å². The zero-order valence-electron chi connectivity index (χ0n) is 11.5. The minimum atomic E-state index is -0.504. The molecule has 1 aromatic carbocycles. The number of rotatable bonds is 6. The molecule has 0 spiro atoms. The number of carbonyl (C=O) groups is 2. The van der Waals surface area contributed by atoms with Gasteiger partial charge in [0.2, 0.25) is 11.8 Å². The van der Waals surface area contributed by atoms with E-state index in [1.54, 1.807) is 36.9 Å². The standard InChI is InChI=1S/C16H16N3O2/c17-16(21)14-7-2-1-5-12(14)8-9-15(20)19-11-13-6-3-4-10-18-13/h1-8,10H,9,11H2,(H2,17,21)(H,19,20). The number of nitrogens with zero attached hydrogens (tertiary/aromatic N) is 1. The van der Waals surface area contributed by atoms with Crippen LogP contribution in [-0.4, -0.2) is 16.8 Å². The van der Waals surface area contributed by atoms with Gasteiger partial charge in [0.1, 0.15) is 0 Å². The van der Waals surface area contributed by atoms with Gasteiger partial charge in [0, 0.05) is 24.6 Å². The molecule has 2 rings (SSSR count). The predicted molar refractivity (Wildman–Crippen MR) is 79.1 cm³/mol. The third-order valence-corrected chi connectivity index (χ3v) is 2.93. The van der Waals surface area contributed by atoms with Gasteiger partial charge in [0.25, 0.3) is 0 Å². The summed E-state index contributed by atoms with van der Waals surface area (Å²) in [6, 6.07) is 12.4. The summed E-state index contributed by atoms with van der Waals surface area (Å²) in [4.78, 5) is 27.2. The van der Waals surface area contributed by atoms with Crippen molar-refractivity contribution in [2.75, 3.05) is 0 Å². The van der Waals surface area contributed by atoms with Gasteiger partial charge in [-0.3, -0.25) is 14.6 Å². The first-order valence-corrected chi connectivity index (χ1v) is 6.55. The van der Waals surface area contributed by atoms with Crippen molar-refractivity contribution in [3.8, 4) is 0 Å². The molecule has 5 heteroatoms. The van der Waals surface area contributed by atoms with Crippen LogP contribution in [0, 0.1) is 6.42 Å². The van der Waals surface area contributed by atoms with E-state index in [-0.39, 0.29) is 12.3 Å². The lowest BCUT2D eigenvalue weighted by atomic mass is 10.0. The highest BCUT2D eigenvalue weighted by molar-refractivity contribution is 5.95. The monoisotopic (exact) mass is 282 g/mol. The van der Waals surface area contributed by atoms with Gasteiger partial charge in [0.05, 0.1) is 12.2 Å². The molecule has 0 aliphatic heterocycles. The predicted octanol–water partition coefficient (Wildman–Crippen LogP) is 1.44. The Morgan fingerprint density at radius 3 is 2.62 bits per heavy atom. The number of nitrogens with two attached hydrogens (primary N) is 1. The topological polar surface area (TPSA) is 85.1 Å². The Kier molecular flexibility index (Phi) is 5.04. The first-order valence-electron chi connectivity index (χ1n) is 6.55. The number of hydrogen-bond donors (Lipinski definition) is 2. The van der Waals surface area contributed by atoms with Crippen LogP contribution in [0.15, 0.2) is 48.7 Å². The molecule has 0 saturated heterocycles. The summed E-state index contributed by atoms with van der Waals surface area (Å²) in [6.07, 6.45) is 3.54. The van der Waals surface area contributed by atoms with Gasteiger partial charge >= 0.3 is 0 Å². The van der Waals surface area contributed by atoms with Gasteiger partial charge in [-0.1, -0.05) is 24.3 Å². The van der Waals surface area contributed by atoms with Crippen LogP contribution in [0.25, 0.3) is 0 Å². The van der Waals surface area contributed by atoms with E-state index in [0.29, 0.717) is 17.7 Å². The number of primary amides is 1. The Hall–Kier alpha value is -2.69. The van der Waals surface area contributed by atoms with Gasteiger partial charge in [-0.15, -0.1) is 0 Å². The second kappa shape index (κ2) is 7.19. The van der Waals surface area contributed by atoms with E-state index in [2.05, 4.69) is 10.3 Å². The summed E-state index contributed by atoms with van der Waals surface area (Å²) in [6.45, 7) is 0.380. The Labute approximate surface area is 123 Å². The molecule has 0 unspecified atom stereocenters. The third kappa shape index (κ3) is 4.42. The molecule has 2 aromatic rings. The second-order valence-electron chi connectivity index (χ2n) is 4.46. The Balaban J connectivity index is 1.86. The van der Waals surface area contributed by atoms with E-state index in [0.717, 1.165) is 5.69 Å². The van der Waals surface area contributed by atoms with E-state index < -0.39 is 5.91 Å². The Morgan fingerprint density at radius 1 is 1.14 bits per heavy atom. The summed E-state index contributed by atoms with van der Waals surface area (Å²) in [7, 11) is 0. The van der Waals surface area contributed by atoms with Crippen molar-refractivity contribution in [2.45, 2.75) is 13.0 Å². The van der Waals surface area contributed by atoms with Gasteiger partial charge in [-0.25, -0.2) is 0 Å². The highest BCUT2D eigenvalue weighted by Crippen LogP contribution is 2.12. The fourth-order valence-corrected chi connectivity index (χ4v) is 1.87. The number of pyridine rings is 1. The van der Waals surface area contributed by atoms with Crippen molar-refractivity contribution in [1.29, 1.82) is 0 Å². The molecular formula is C16H16N3O2. The smallest absolute Gasteiger partial charge is 0.248 e. The van der Waals surface area contributed by atoms with E-state index in [4.69, 9.17) is 5.73 Å². The number of carbonyl (C=O) groups excluding carboxylic acids is 2. The first-order chi connectivity index (χ1) is 10.2. The summed E-state index contributed by atoms with van der Waals surface area (Å²) in [5.74, 6) is -0.643. The molecule has 0 aliphatic rings. The highest BCUT2D eigenvalue weighted by Gasteiger charge is 2.09. The number of nitrogens with one attached hydrogen (secondary N) is 1. The second-order valence-corrected chi connectivity index (χ2v) is 4.46. The van der Waals surface area contributed by atoms with Crippen LogP contribution >= 0.6 is 0 Å². The van der Waals surface area contributed by atoms with E-state index in [1.807, 2.05) is 18.2 Å². The molecular weight excluding hydrogens is 266 g/mol. The third-order valence-electron chi connectivity index (χ3n) is 2.93. The maximum Gasteiger partial charge on any atom is 0.248 e. The van der Waals surface area contributed by atoms with Crippen LogP contribution < -0.4 is 11.1 Å². The largest absolute Gasteiger partial charge is 0.366 e. The molecule has 3 N–H and O–H groups in total. The summed E-state index contributed by atoms with van der Waals surface area (Å²) in [5, 5.41) is 2.77. The zero-order valence-corrected chi connectivity index (χ0v) is 11.5. The van der Waals surface area contributed by atoms with E-state index in [1.165, 1.54) is 0 Å². The van der Waals surface area contributed by atoms with E-state index in [9.17, 15) is 9.59 Å². The first kappa shape index (κ1) is 14.7. The average molecular weight is 282 g/mol. The van der Waals surface area contributed by atoms with Crippen LogP contribution in [-0.2, 0) is 11.3 Å². The minimum absolute atomic E-state index is 0.139. The van der Waals surface area contributed by atoms with E-state index >= 15 is 0 Å². The fourth-order valence-electron chi connectivity index (χ4n) is 1.87. The Bertz CT molecular complexity index is 626. The molecule has 0 fully saturated rings. The maximum absolute atomic E-state index is 11.8. The summed E-state index contributed by atoms with van der Waals surface area (Å²) < 4.78 is 0. The molecule has 21 heavy (non-hydrogen) atoms. The van der Waals surface area contributed by atoms with Gasteiger partial charge in [0.15, 0.2) is 0 Å². The molecule has 5 nitrogen and oxygen atoms in total. The van der Waals surface area contributed by atoms with Crippen molar-refractivity contribution in [1.82, 2.24) is 10.3 Å². The fraction of sp³-hybridized carbons (Fsp3) is 0.125. The van der Waals surface area contributed by atoms with Crippen LogP contribution in [0.3, 0.4) is 0 Å². The van der Waals surface area contributed by atoms with Crippen LogP contribution in [0.1, 0.15) is 28.0 Å². The molecule has 0 atom stereocenters. The molecule has 0 bridgehead atoms. The molecule has 107 valence electrons. The van der Waals surface area contributed by atoms with Crippen molar-refractivity contribution < 1.29 is 9.59 Å². The lowest BCUT2D eigenvalue weighted by Gasteiger charge is -2.07. The van der Waals surface area contributed by atoms with Crippen molar-refractivity contribution >= 4 is 11.8 Å². The summed E-state index contributed by atoms with van der Waals surface area (Å²) >= 11 is 0. The van der Waals surface area contributed by atoms with Crippen LogP contribution in [0.5, 0.6) is 0 Å². The molecule has 2 amide bonds. The normalized spacial score (nSPS) is 10.1. The van der Waals surface area contributed by atoms with Gasteiger partial charge in [-0.05, 0) is 23.8 Å².